The fourth-order valence-corrected chi connectivity index (χ4v) is 4.80. The molecule has 0 bridgehead atoms. The van der Waals surface area contributed by atoms with E-state index in [4.69, 9.17) is 47.5 Å². The van der Waals surface area contributed by atoms with Crippen molar-refractivity contribution in [2.75, 3.05) is 31.5 Å². The quantitative estimate of drug-likeness (QED) is 0.157. The zero-order valence-corrected chi connectivity index (χ0v) is 25.1. The molecule has 0 aliphatic heterocycles. The third-order valence-electron chi connectivity index (χ3n) is 6.69. The molecule has 0 aliphatic carbocycles. The van der Waals surface area contributed by atoms with Crippen molar-refractivity contribution in [3.05, 3.63) is 118 Å². The lowest BCUT2D eigenvalue weighted by molar-refractivity contribution is 0.414. The Hall–Kier alpha value is -4.40. The second-order valence-corrected chi connectivity index (χ2v) is 10.3. The molecule has 0 saturated heterocycles. The number of hydrogen-bond acceptors (Lipinski definition) is 7. The standard InChI is InChI=1S/C32H31Cl2N5O3/c1-40-25-13-7-22(8-14-25)19-38(20-23-9-15-26(41-2)16-10-23)32-36-31(35-29-6-4-5-28(33)30(29)34)37-39(32)21-24-11-17-27(42-3)18-12-24/h4-18H,19-21H2,1-3H3,(H,35,37). The smallest absolute Gasteiger partial charge is 0.248 e. The summed E-state index contributed by atoms with van der Waals surface area (Å²) in [6, 6.07) is 29.3. The first-order valence-corrected chi connectivity index (χ1v) is 14.0. The summed E-state index contributed by atoms with van der Waals surface area (Å²) in [5.41, 5.74) is 3.85. The Morgan fingerprint density at radius 3 is 1.69 bits per heavy atom. The number of anilines is 3. The Kier molecular flexibility index (Phi) is 9.36. The highest BCUT2D eigenvalue weighted by Crippen LogP contribution is 2.32. The van der Waals surface area contributed by atoms with E-state index in [2.05, 4.69) is 34.5 Å². The Morgan fingerprint density at radius 2 is 1.19 bits per heavy atom. The number of halogens is 2. The summed E-state index contributed by atoms with van der Waals surface area (Å²) >= 11 is 12.7. The van der Waals surface area contributed by atoms with Crippen LogP contribution in [-0.4, -0.2) is 36.1 Å². The number of aromatic nitrogens is 3. The van der Waals surface area contributed by atoms with Gasteiger partial charge in [-0.3, -0.25) is 0 Å². The predicted molar refractivity (Wildman–Crippen MR) is 168 cm³/mol. The lowest BCUT2D eigenvalue weighted by Crippen LogP contribution is -2.26. The highest BCUT2D eigenvalue weighted by atomic mass is 35.5. The molecule has 0 aliphatic rings. The fourth-order valence-electron chi connectivity index (χ4n) is 4.45. The maximum atomic E-state index is 6.48. The maximum Gasteiger partial charge on any atom is 0.248 e. The van der Waals surface area contributed by atoms with Crippen LogP contribution in [0.4, 0.5) is 17.6 Å². The van der Waals surface area contributed by atoms with Gasteiger partial charge in [0.1, 0.15) is 17.2 Å². The van der Waals surface area contributed by atoms with Gasteiger partial charge in [0.2, 0.25) is 11.9 Å². The number of hydrogen-bond donors (Lipinski definition) is 1. The molecule has 0 radical (unpaired) electrons. The van der Waals surface area contributed by atoms with Crippen molar-refractivity contribution >= 4 is 40.8 Å². The second kappa shape index (κ2) is 13.5. The number of ether oxygens (including phenoxy) is 3. The van der Waals surface area contributed by atoms with Crippen LogP contribution >= 0.6 is 23.2 Å². The van der Waals surface area contributed by atoms with Crippen molar-refractivity contribution < 1.29 is 14.2 Å². The SMILES string of the molecule is COc1ccc(CN(Cc2ccc(OC)cc2)c2nc(Nc3cccc(Cl)c3Cl)nn2Cc2ccc(OC)cc2)cc1. The van der Waals surface area contributed by atoms with Gasteiger partial charge >= 0.3 is 0 Å². The molecule has 0 amide bonds. The first-order chi connectivity index (χ1) is 20.4. The van der Waals surface area contributed by atoms with Crippen molar-refractivity contribution in [3.63, 3.8) is 0 Å². The van der Waals surface area contributed by atoms with E-state index < -0.39 is 0 Å². The van der Waals surface area contributed by atoms with Crippen molar-refractivity contribution in [2.24, 2.45) is 0 Å². The van der Waals surface area contributed by atoms with Crippen LogP contribution in [0.5, 0.6) is 17.2 Å². The molecule has 0 unspecified atom stereocenters. The summed E-state index contributed by atoms with van der Waals surface area (Å²) in [4.78, 5) is 7.14. The molecule has 0 fully saturated rings. The van der Waals surface area contributed by atoms with Gasteiger partial charge in [-0.1, -0.05) is 65.7 Å². The van der Waals surface area contributed by atoms with Gasteiger partial charge < -0.3 is 24.4 Å². The van der Waals surface area contributed by atoms with E-state index >= 15 is 0 Å². The van der Waals surface area contributed by atoms with E-state index in [1.807, 2.05) is 65.3 Å². The highest BCUT2D eigenvalue weighted by molar-refractivity contribution is 6.43. The molecular weight excluding hydrogens is 573 g/mol. The highest BCUT2D eigenvalue weighted by Gasteiger charge is 2.20. The number of rotatable bonds is 12. The first kappa shape index (κ1) is 29.1. The normalized spacial score (nSPS) is 10.8. The Morgan fingerprint density at radius 1 is 0.690 bits per heavy atom. The first-order valence-electron chi connectivity index (χ1n) is 13.3. The van der Waals surface area contributed by atoms with Gasteiger partial charge in [0.25, 0.3) is 0 Å². The molecule has 5 aromatic rings. The molecule has 1 N–H and O–H groups in total. The van der Waals surface area contributed by atoms with Crippen molar-refractivity contribution in [2.45, 2.75) is 19.6 Å². The van der Waals surface area contributed by atoms with E-state index in [1.165, 1.54) is 0 Å². The van der Waals surface area contributed by atoms with Crippen LogP contribution in [-0.2, 0) is 19.6 Å². The lowest BCUT2D eigenvalue weighted by atomic mass is 10.1. The molecule has 5 rings (SSSR count). The number of nitrogens with zero attached hydrogens (tertiary/aromatic N) is 4. The average molecular weight is 605 g/mol. The van der Waals surface area contributed by atoms with E-state index in [1.54, 1.807) is 27.4 Å². The van der Waals surface area contributed by atoms with E-state index in [-0.39, 0.29) is 0 Å². The summed E-state index contributed by atoms with van der Waals surface area (Å²) in [6.07, 6.45) is 0. The molecule has 216 valence electrons. The number of benzene rings is 4. The lowest BCUT2D eigenvalue weighted by Gasteiger charge is -2.24. The Bertz CT molecular complexity index is 1560. The number of nitrogens with one attached hydrogen (secondary N) is 1. The van der Waals surface area contributed by atoms with Crippen molar-refractivity contribution in [1.82, 2.24) is 14.8 Å². The molecule has 4 aromatic carbocycles. The molecule has 10 heteroatoms. The van der Waals surface area contributed by atoms with Crippen LogP contribution in [0.25, 0.3) is 0 Å². The molecule has 0 saturated carbocycles. The zero-order chi connectivity index (χ0) is 29.5. The van der Waals surface area contributed by atoms with Gasteiger partial charge in [0.05, 0.1) is 43.6 Å². The van der Waals surface area contributed by atoms with Crippen LogP contribution < -0.4 is 24.4 Å². The van der Waals surface area contributed by atoms with E-state index in [9.17, 15) is 0 Å². The van der Waals surface area contributed by atoms with Crippen LogP contribution in [0.3, 0.4) is 0 Å². The molecule has 1 aromatic heterocycles. The molecule has 1 heterocycles. The monoisotopic (exact) mass is 603 g/mol. The molecule has 8 nitrogen and oxygen atoms in total. The minimum Gasteiger partial charge on any atom is -0.497 e. The van der Waals surface area contributed by atoms with Gasteiger partial charge in [-0.05, 0) is 65.2 Å². The van der Waals surface area contributed by atoms with Gasteiger partial charge in [-0.2, -0.15) is 4.98 Å². The van der Waals surface area contributed by atoms with Crippen molar-refractivity contribution in [1.29, 1.82) is 0 Å². The largest absolute Gasteiger partial charge is 0.497 e. The van der Waals surface area contributed by atoms with E-state index in [0.717, 1.165) is 33.9 Å². The van der Waals surface area contributed by atoms with Crippen LogP contribution in [0.2, 0.25) is 10.0 Å². The zero-order valence-electron chi connectivity index (χ0n) is 23.6. The Labute approximate surface area is 255 Å². The third kappa shape index (κ3) is 7.08. The minimum absolute atomic E-state index is 0.400. The summed E-state index contributed by atoms with van der Waals surface area (Å²) in [7, 11) is 4.97. The van der Waals surface area contributed by atoms with E-state index in [0.29, 0.717) is 47.3 Å². The second-order valence-electron chi connectivity index (χ2n) is 9.52. The van der Waals surface area contributed by atoms with Crippen LogP contribution in [0.1, 0.15) is 16.7 Å². The fraction of sp³-hybridized carbons (Fsp3) is 0.188. The summed E-state index contributed by atoms with van der Waals surface area (Å²) < 4.78 is 18.0. The summed E-state index contributed by atoms with van der Waals surface area (Å²) in [5.74, 6) is 3.47. The minimum atomic E-state index is 0.400. The van der Waals surface area contributed by atoms with Gasteiger partial charge in [0.15, 0.2) is 0 Å². The maximum absolute atomic E-state index is 6.48. The van der Waals surface area contributed by atoms with Gasteiger partial charge in [-0.15, -0.1) is 5.10 Å². The third-order valence-corrected chi connectivity index (χ3v) is 7.51. The van der Waals surface area contributed by atoms with Crippen molar-refractivity contribution in [3.8, 4) is 17.2 Å². The molecule has 0 atom stereocenters. The molecule has 0 spiro atoms. The average Bonchev–Trinajstić information content (AvgIpc) is 3.42. The summed E-state index contributed by atoms with van der Waals surface area (Å²) in [5, 5.41) is 8.95. The summed E-state index contributed by atoms with van der Waals surface area (Å²) in [6.45, 7) is 1.64. The van der Waals surface area contributed by atoms with Crippen LogP contribution in [0.15, 0.2) is 91.0 Å². The Balaban J connectivity index is 1.54. The van der Waals surface area contributed by atoms with Gasteiger partial charge in [0, 0.05) is 13.1 Å². The molecule has 42 heavy (non-hydrogen) atoms. The number of methoxy groups -OCH3 is 3. The molecular formula is C32H31Cl2N5O3. The topological polar surface area (TPSA) is 73.7 Å². The predicted octanol–water partition coefficient (Wildman–Crippen LogP) is 7.61. The van der Waals surface area contributed by atoms with Crippen LogP contribution in [0, 0.1) is 0 Å². The van der Waals surface area contributed by atoms with Gasteiger partial charge in [-0.25, -0.2) is 4.68 Å².